The van der Waals surface area contributed by atoms with Crippen LogP contribution in [0.1, 0.15) is 16.4 Å². The zero-order valence-corrected chi connectivity index (χ0v) is 12.1. The standard InChI is InChI=1S/C12H20N4O2S/c1-8-14-15-11(19-8)3-5-13-12(18)9-7-16(2)6-4-10(9)17/h9-10,17H,3-7H2,1-2H3,(H,13,18)/t9-,10+/m1/s1. The molecule has 1 saturated heterocycles. The second-order valence-electron chi connectivity index (χ2n) is 4.98. The van der Waals surface area contributed by atoms with E-state index in [1.807, 2.05) is 14.0 Å². The smallest absolute Gasteiger partial charge is 0.227 e. The molecule has 0 saturated carbocycles. The van der Waals surface area contributed by atoms with Crippen molar-refractivity contribution < 1.29 is 9.90 Å². The number of nitrogens with zero attached hydrogens (tertiary/aromatic N) is 3. The average molecular weight is 284 g/mol. The van der Waals surface area contributed by atoms with Crippen molar-refractivity contribution in [2.75, 3.05) is 26.7 Å². The molecular formula is C12H20N4O2S. The molecule has 1 aliphatic heterocycles. The number of carbonyl (C=O) groups is 1. The van der Waals surface area contributed by atoms with Crippen LogP contribution in [0.15, 0.2) is 0 Å². The Morgan fingerprint density at radius 1 is 1.58 bits per heavy atom. The van der Waals surface area contributed by atoms with E-state index in [1.54, 1.807) is 11.3 Å². The maximum Gasteiger partial charge on any atom is 0.227 e. The molecule has 1 aliphatic rings. The van der Waals surface area contributed by atoms with Crippen molar-refractivity contribution in [2.24, 2.45) is 5.92 Å². The lowest BCUT2D eigenvalue weighted by molar-refractivity contribution is -0.131. The van der Waals surface area contributed by atoms with Crippen LogP contribution in [0.2, 0.25) is 0 Å². The number of aryl methyl sites for hydroxylation is 1. The number of amides is 1. The summed E-state index contributed by atoms with van der Waals surface area (Å²) in [6.07, 6.45) is 0.820. The van der Waals surface area contributed by atoms with Crippen LogP contribution in [0.25, 0.3) is 0 Å². The van der Waals surface area contributed by atoms with E-state index in [-0.39, 0.29) is 11.8 Å². The first-order valence-corrected chi connectivity index (χ1v) is 7.31. The van der Waals surface area contributed by atoms with Crippen LogP contribution >= 0.6 is 11.3 Å². The second-order valence-corrected chi connectivity index (χ2v) is 6.25. The molecule has 2 atom stereocenters. The number of rotatable bonds is 4. The molecule has 6 nitrogen and oxygen atoms in total. The molecule has 106 valence electrons. The topological polar surface area (TPSA) is 78.4 Å². The normalized spacial score (nSPS) is 24.4. The molecule has 2 N–H and O–H groups in total. The number of hydrogen-bond acceptors (Lipinski definition) is 6. The number of aliphatic hydroxyl groups is 1. The van der Waals surface area contributed by atoms with E-state index in [4.69, 9.17) is 0 Å². The first-order chi connectivity index (χ1) is 9.06. The summed E-state index contributed by atoms with van der Waals surface area (Å²) in [5, 5.41) is 22.6. The highest BCUT2D eigenvalue weighted by atomic mass is 32.1. The zero-order chi connectivity index (χ0) is 13.8. The van der Waals surface area contributed by atoms with E-state index in [0.29, 0.717) is 25.9 Å². The molecule has 1 aromatic heterocycles. The lowest BCUT2D eigenvalue weighted by atomic mass is 9.94. The third-order valence-corrected chi connectivity index (χ3v) is 4.22. The van der Waals surface area contributed by atoms with Gasteiger partial charge in [-0.1, -0.05) is 0 Å². The Morgan fingerprint density at radius 3 is 3.05 bits per heavy atom. The van der Waals surface area contributed by atoms with Crippen molar-refractivity contribution in [2.45, 2.75) is 25.9 Å². The Morgan fingerprint density at radius 2 is 2.37 bits per heavy atom. The van der Waals surface area contributed by atoms with Crippen molar-refractivity contribution in [1.29, 1.82) is 0 Å². The van der Waals surface area contributed by atoms with Gasteiger partial charge in [0.15, 0.2) is 0 Å². The molecule has 1 aromatic rings. The second kappa shape index (κ2) is 6.40. The fraction of sp³-hybridized carbons (Fsp3) is 0.750. The third-order valence-electron chi connectivity index (χ3n) is 3.32. The highest BCUT2D eigenvalue weighted by Gasteiger charge is 2.31. The van der Waals surface area contributed by atoms with Gasteiger partial charge in [-0.25, -0.2) is 0 Å². The molecule has 0 spiro atoms. The fourth-order valence-corrected chi connectivity index (χ4v) is 2.93. The van der Waals surface area contributed by atoms with Crippen LogP contribution in [0, 0.1) is 12.8 Å². The molecule has 1 amide bonds. The molecule has 0 aromatic carbocycles. The zero-order valence-electron chi connectivity index (χ0n) is 11.3. The fourth-order valence-electron chi connectivity index (χ4n) is 2.22. The van der Waals surface area contributed by atoms with E-state index in [1.165, 1.54) is 0 Å². The van der Waals surface area contributed by atoms with Gasteiger partial charge in [0.05, 0.1) is 12.0 Å². The van der Waals surface area contributed by atoms with Crippen LogP contribution in [0.5, 0.6) is 0 Å². The molecule has 0 aliphatic carbocycles. The number of aliphatic hydroxyl groups excluding tert-OH is 1. The third kappa shape index (κ3) is 3.95. The van der Waals surface area contributed by atoms with E-state index >= 15 is 0 Å². The Kier molecular flexibility index (Phi) is 4.84. The molecule has 0 radical (unpaired) electrons. The Bertz CT molecular complexity index is 437. The molecule has 19 heavy (non-hydrogen) atoms. The monoisotopic (exact) mass is 284 g/mol. The molecule has 2 rings (SSSR count). The lowest BCUT2D eigenvalue weighted by Crippen LogP contribution is -2.49. The Labute approximate surface area is 116 Å². The minimum atomic E-state index is -0.528. The SMILES string of the molecule is Cc1nnc(CCNC(=O)[C@@H]2CN(C)CC[C@@H]2O)s1. The van der Waals surface area contributed by atoms with Crippen LogP contribution in [0.3, 0.4) is 0 Å². The number of hydrogen-bond donors (Lipinski definition) is 2. The minimum absolute atomic E-state index is 0.0692. The summed E-state index contributed by atoms with van der Waals surface area (Å²) in [5.74, 6) is -0.393. The molecule has 7 heteroatoms. The van der Waals surface area contributed by atoms with Crippen LogP contribution < -0.4 is 5.32 Å². The van der Waals surface area contributed by atoms with Crippen LogP contribution in [0.4, 0.5) is 0 Å². The van der Waals surface area contributed by atoms with Crippen molar-refractivity contribution in [1.82, 2.24) is 20.4 Å². The molecule has 0 unspecified atom stereocenters. The number of nitrogens with one attached hydrogen (secondary N) is 1. The Balaban J connectivity index is 1.77. The van der Waals surface area contributed by atoms with Crippen LogP contribution in [-0.2, 0) is 11.2 Å². The first kappa shape index (κ1) is 14.4. The summed E-state index contributed by atoms with van der Waals surface area (Å²) in [6.45, 7) is 3.91. The van der Waals surface area contributed by atoms with Gasteiger partial charge in [0.2, 0.25) is 5.91 Å². The van der Waals surface area contributed by atoms with Gasteiger partial charge in [0, 0.05) is 26.1 Å². The summed E-state index contributed by atoms with van der Waals surface area (Å²) >= 11 is 1.54. The van der Waals surface area contributed by atoms with Gasteiger partial charge in [-0.2, -0.15) is 0 Å². The summed E-state index contributed by atoms with van der Waals surface area (Å²) < 4.78 is 0. The average Bonchev–Trinajstić information content (AvgIpc) is 2.78. The van der Waals surface area contributed by atoms with Gasteiger partial charge in [-0.05, 0) is 20.4 Å². The molecule has 0 bridgehead atoms. The number of carbonyl (C=O) groups excluding carboxylic acids is 1. The van der Waals surface area contributed by atoms with Gasteiger partial charge < -0.3 is 15.3 Å². The predicted molar refractivity (Wildman–Crippen MR) is 73.0 cm³/mol. The highest BCUT2D eigenvalue weighted by Crippen LogP contribution is 2.16. The van der Waals surface area contributed by atoms with Crippen molar-refractivity contribution >= 4 is 17.2 Å². The van der Waals surface area contributed by atoms with Crippen molar-refractivity contribution in [3.63, 3.8) is 0 Å². The summed E-state index contributed by atoms with van der Waals surface area (Å²) in [5.41, 5.74) is 0. The van der Waals surface area contributed by atoms with Gasteiger partial charge in [0.1, 0.15) is 10.0 Å². The van der Waals surface area contributed by atoms with E-state index in [0.717, 1.165) is 16.6 Å². The van der Waals surface area contributed by atoms with Crippen molar-refractivity contribution in [3.05, 3.63) is 10.0 Å². The Hall–Kier alpha value is -1.05. The van der Waals surface area contributed by atoms with E-state index in [9.17, 15) is 9.90 Å². The number of likely N-dealkylation sites (tertiary alicyclic amines) is 1. The quantitative estimate of drug-likeness (QED) is 0.802. The van der Waals surface area contributed by atoms with E-state index < -0.39 is 6.10 Å². The molecule has 2 heterocycles. The summed E-state index contributed by atoms with van der Waals surface area (Å²) in [4.78, 5) is 14.1. The largest absolute Gasteiger partial charge is 0.392 e. The number of piperidine rings is 1. The van der Waals surface area contributed by atoms with E-state index in [2.05, 4.69) is 20.4 Å². The summed E-state index contributed by atoms with van der Waals surface area (Å²) in [6, 6.07) is 0. The highest BCUT2D eigenvalue weighted by molar-refractivity contribution is 7.11. The number of aromatic nitrogens is 2. The predicted octanol–water partition coefficient (Wildman–Crippen LogP) is -0.182. The maximum atomic E-state index is 12.0. The maximum absolute atomic E-state index is 12.0. The molecular weight excluding hydrogens is 264 g/mol. The van der Waals surface area contributed by atoms with Crippen molar-refractivity contribution in [3.8, 4) is 0 Å². The van der Waals surface area contributed by atoms with Gasteiger partial charge in [-0.3, -0.25) is 4.79 Å². The van der Waals surface area contributed by atoms with Crippen LogP contribution in [-0.4, -0.2) is 58.9 Å². The lowest BCUT2D eigenvalue weighted by Gasteiger charge is -2.32. The minimum Gasteiger partial charge on any atom is -0.392 e. The first-order valence-electron chi connectivity index (χ1n) is 6.49. The summed E-state index contributed by atoms with van der Waals surface area (Å²) in [7, 11) is 1.97. The molecule has 1 fully saturated rings. The van der Waals surface area contributed by atoms with Gasteiger partial charge in [-0.15, -0.1) is 21.5 Å². The van der Waals surface area contributed by atoms with Gasteiger partial charge >= 0.3 is 0 Å². The van der Waals surface area contributed by atoms with Gasteiger partial charge in [0.25, 0.3) is 0 Å².